The van der Waals surface area contributed by atoms with Gasteiger partial charge in [-0.3, -0.25) is 10.1 Å². The maximum atomic E-state index is 10.9. The normalized spacial score (nSPS) is 11.2. The standard InChI is InChI=1S/C11H16N2O4S/c1-9-8-10(4-5-11(9)13(14)15)12-6-3-7-18(2,16)17/h4-5,8,12H,3,6-7H2,1-2H3. The molecule has 0 aromatic heterocycles. The van der Waals surface area contributed by atoms with Crippen molar-refractivity contribution >= 4 is 21.2 Å². The number of nitrogens with zero attached hydrogens (tertiary/aromatic N) is 1. The van der Waals surface area contributed by atoms with Gasteiger partial charge >= 0.3 is 0 Å². The molecule has 1 aromatic carbocycles. The van der Waals surface area contributed by atoms with Crippen LogP contribution < -0.4 is 5.32 Å². The third-order valence-corrected chi connectivity index (χ3v) is 3.44. The average Bonchev–Trinajstić information content (AvgIpc) is 2.22. The summed E-state index contributed by atoms with van der Waals surface area (Å²) in [5.74, 6) is 0.131. The van der Waals surface area contributed by atoms with Gasteiger partial charge in [0.05, 0.1) is 10.7 Å². The third-order valence-electron chi connectivity index (χ3n) is 2.41. The highest BCUT2D eigenvalue weighted by Gasteiger charge is 2.09. The highest BCUT2D eigenvalue weighted by molar-refractivity contribution is 7.90. The summed E-state index contributed by atoms with van der Waals surface area (Å²) in [6, 6.07) is 4.73. The predicted octanol–water partition coefficient (Wildman–Crippen LogP) is 1.75. The van der Waals surface area contributed by atoms with Gasteiger partial charge in [0.15, 0.2) is 0 Å². The smallest absolute Gasteiger partial charge is 0.272 e. The van der Waals surface area contributed by atoms with Gasteiger partial charge in [-0.05, 0) is 25.5 Å². The van der Waals surface area contributed by atoms with Crippen molar-refractivity contribution in [1.82, 2.24) is 0 Å². The molecule has 7 heteroatoms. The first-order chi connectivity index (χ1) is 8.29. The summed E-state index contributed by atoms with van der Waals surface area (Å²) in [6.07, 6.45) is 1.71. The van der Waals surface area contributed by atoms with Crippen LogP contribution in [0.2, 0.25) is 0 Å². The summed E-state index contributed by atoms with van der Waals surface area (Å²) in [4.78, 5) is 10.2. The van der Waals surface area contributed by atoms with Crippen LogP contribution in [0, 0.1) is 17.0 Å². The zero-order chi connectivity index (χ0) is 13.8. The first-order valence-corrected chi connectivity index (χ1v) is 7.52. The molecule has 0 saturated carbocycles. The minimum Gasteiger partial charge on any atom is -0.385 e. The van der Waals surface area contributed by atoms with Crippen molar-refractivity contribution in [2.75, 3.05) is 23.9 Å². The van der Waals surface area contributed by atoms with E-state index in [1.807, 2.05) is 0 Å². The summed E-state index contributed by atoms with van der Waals surface area (Å²) in [6.45, 7) is 2.18. The molecule has 0 unspecified atom stereocenters. The Kier molecular flexibility index (Phi) is 4.66. The van der Waals surface area contributed by atoms with Gasteiger partial charge < -0.3 is 5.32 Å². The highest BCUT2D eigenvalue weighted by Crippen LogP contribution is 2.21. The van der Waals surface area contributed by atoms with Crippen LogP contribution in [0.4, 0.5) is 11.4 Å². The van der Waals surface area contributed by atoms with Crippen molar-refractivity contribution in [1.29, 1.82) is 0 Å². The molecule has 0 aliphatic carbocycles. The minimum atomic E-state index is -2.93. The van der Waals surface area contributed by atoms with E-state index in [4.69, 9.17) is 0 Å². The van der Waals surface area contributed by atoms with Gasteiger partial charge in [-0.1, -0.05) is 0 Å². The Morgan fingerprint density at radius 1 is 1.39 bits per heavy atom. The second-order valence-corrected chi connectivity index (χ2v) is 6.43. The first kappa shape index (κ1) is 14.4. The van der Waals surface area contributed by atoms with E-state index in [0.717, 1.165) is 5.69 Å². The molecule has 0 aliphatic rings. The molecule has 0 atom stereocenters. The quantitative estimate of drug-likeness (QED) is 0.484. The molecule has 0 radical (unpaired) electrons. The summed E-state index contributed by atoms with van der Waals surface area (Å²) in [7, 11) is -2.93. The molecule has 1 rings (SSSR count). The molecule has 18 heavy (non-hydrogen) atoms. The molecule has 0 bridgehead atoms. The number of benzene rings is 1. The number of hydrogen-bond donors (Lipinski definition) is 1. The van der Waals surface area contributed by atoms with E-state index < -0.39 is 14.8 Å². The number of sulfone groups is 1. The number of rotatable bonds is 6. The molecular formula is C11H16N2O4S. The van der Waals surface area contributed by atoms with E-state index in [1.165, 1.54) is 12.3 Å². The number of nitrogens with one attached hydrogen (secondary N) is 1. The van der Waals surface area contributed by atoms with Crippen molar-refractivity contribution in [2.24, 2.45) is 0 Å². The van der Waals surface area contributed by atoms with Crippen LogP contribution in [-0.4, -0.2) is 31.9 Å². The number of anilines is 1. The summed E-state index contributed by atoms with van der Waals surface area (Å²) in [5, 5.41) is 13.7. The Bertz CT molecular complexity index is 540. The first-order valence-electron chi connectivity index (χ1n) is 5.46. The molecule has 0 spiro atoms. The molecular weight excluding hydrogens is 256 g/mol. The van der Waals surface area contributed by atoms with Gasteiger partial charge in [-0.25, -0.2) is 8.42 Å². The third kappa shape index (κ3) is 4.70. The Morgan fingerprint density at radius 2 is 2.06 bits per heavy atom. The molecule has 0 aliphatic heterocycles. The van der Waals surface area contributed by atoms with Gasteiger partial charge in [-0.2, -0.15) is 0 Å². The maximum absolute atomic E-state index is 10.9. The van der Waals surface area contributed by atoms with Gasteiger partial charge in [-0.15, -0.1) is 0 Å². The van der Waals surface area contributed by atoms with Crippen LogP contribution in [0.3, 0.4) is 0 Å². The lowest BCUT2D eigenvalue weighted by Crippen LogP contribution is -2.09. The Hall–Kier alpha value is -1.63. The lowest BCUT2D eigenvalue weighted by Gasteiger charge is -2.06. The largest absolute Gasteiger partial charge is 0.385 e. The fourth-order valence-corrected chi connectivity index (χ4v) is 2.21. The van der Waals surface area contributed by atoms with Crippen LogP contribution in [0.15, 0.2) is 18.2 Å². The molecule has 0 heterocycles. The minimum absolute atomic E-state index is 0.0803. The van der Waals surface area contributed by atoms with Crippen LogP contribution in [-0.2, 0) is 9.84 Å². The zero-order valence-electron chi connectivity index (χ0n) is 10.3. The van der Waals surface area contributed by atoms with Gasteiger partial charge in [0.1, 0.15) is 9.84 Å². The number of nitro groups is 1. The maximum Gasteiger partial charge on any atom is 0.272 e. The molecule has 1 N–H and O–H groups in total. The summed E-state index contributed by atoms with van der Waals surface area (Å²) in [5.41, 5.74) is 1.41. The average molecular weight is 272 g/mol. The molecule has 0 amide bonds. The molecule has 100 valence electrons. The van der Waals surface area contributed by atoms with Crippen LogP contribution in [0.1, 0.15) is 12.0 Å². The number of nitro benzene ring substituents is 1. The Morgan fingerprint density at radius 3 is 2.56 bits per heavy atom. The van der Waals surface area contributed by atoms with Gasteiger partial charge in [0.2, 0.25) is 0 Å². The molecule has 1 aromatic rings. The second-order valence-electron chi connectivity index (χ2n) is 4.17. The van der Waals surface area contributed by atoms with Crippen LogP contribution >= 0.6 is 0 Å². The molecule has 0 saturated heterocycles. The SMILES string of the molecule is Cc1cc(NCCCS(C)(=O)=O)ccc1[N+](=O)[O-]. The summed E-state index contributed by atoms with van der Waals surface area (Å²) < 4.78 is 21.8. The van der Waals surface area contributed by atoms with Crippen LogP contribution in [0.5, 0.6) is 0 Å². The Balaban J connectivity index is 2.54. The highest BCUT2D eigenvalue weighted by atomic mass is 32.2. The van der Waals surface area contributed by atoms with E-state index in [0.29, 0.717) is 18.5 Å². The number of aryl methyl sites for hydroxylation is 1. The lowest BCUT2D eigenvalue weighted by molar-refractivity contribution is -0.385. The monoisotopic (exact) mass is 272 g/mol. The van der Waals surface area contributed by atoms with Gasteiger partial charge in [0.25, 0.3) is 5.69 Å². The lowest BCUT2D eigenvalue weighted by atomic mass is 10.2. The fourth-order valence-electron chi connectivity index (χ4n) is 1.54. The van der Waals surface area contributed by atoms with E-state index in [9.17, 15) is 18.5 Å². The molecule has 6 nitrogen and oxygen atoms in total. The fraction of sp³-hybridized carbons (Fsp3) is 0.455. The predicted molar refractivity (Wildman–Crippen MR) is 70.7 cm³/mol. The number of hydrogen-bond acceptors (Lipinski definition) is 5. The van der Waals surface area contributed by atoms with Crippen molar-refractivity contribution in [3.05, 3.63) is 33.9 Å². The summed E-state index contributed by atoms with van der Waals surface area (Å²) >= 11 is 0. The van der Waals surface area contributed by atoms with Crippen molar-refractivity contribution < 1.29 is 13.3 Å². The van der Waals surface area contributed by atoms with E-state index >= 15 is 0 Å². The topological polar surface area (TPSA) is 89.3 Å². The van der Waals surface area contributed by atoms with E-state index in [-0.39, 0.29) is 11.4 Å². The van der Waals surface area contributed by atoms with E-state index in [1.54, 1.807) is 19.1 Å². The van der Waals surface area contributed by atoms with Crippen LogP contribution in [0.25, 0.3) is 0 Å². The Labute approximate surface area is 106 Å². The second kappa shape index (κ2) is 5.81. The molecule has 0 fully saturated rings. The van der Waals surface area contributed by atoms with Crippen molar-refractivity contribution in [2.45, 2.75) is 13.3 Å². The zero-order valence-corrected chi connectivity index (χ0v) is 11.2. The van der Waals surface area contributed by atoms with Crippen molar-refractivity contribution in [3.63, 3.8) is 0 Å². The van der Waals surface area contributed by atoms with Crippen molar-refractivity contribution in [3.8, 4) is 0 Å². The van der Waals surface area contributed by atoms with E-state index in [2.05, 4.69) is 5.32 Å². The van der Waals surface area contributed by atoms with Gasteiger partial charge in [0, 0.05) is 30.1 Å².